The number of hydrogen-bond acceptors (Lipinski definition) is 1. The molecule has 17 heavy (non-hydrogen) atoms. The molecule has 0 saturated carbocycles. The van der Waals surface area contributed by atoms with Crippen LogP contribution in [0.1, 0.15) is 73.6 Å². The van der Waals surface area contributed by atoms with Crippen LogP contribution in [0.4, 0.5) is 0 Å². The molecule has 2 N–H and O–H groups in total. The molecule has 2 atom stereocenters. The molecule has 0 heterocycles. The molecule has 0 aliphatic rings. The molecule has 102 valence electrons. The molecule has 1 nitrogen and oxygen atoms in total. The normalized spacial score (nSPS) is 18.2. The van der Waals surface area contributed by atoms with Crippen molar-refractivity contribution in [2.75, 3.05) is 0 Å². The molecular formula is C16H33N. The van der Waals surface area contributed by atoms with Crippen LogP contribution in [0, 0.1) is 11.3 Å². The van der Waals surface area contributed by atoms with Gasteiger partial charge in [-0.2, -0.15) is 0 Å². The first-order chi connectivity index (χ1) is 7.85. The highest BCUT2D eigenvalue weighted by Gasteiger charge is 2.29. The Balaban J connectivity index is 4.50. The number of allylic oxidation sites excluding steroid dienone is 2. The third-order valence-electron chi connectivity index (χ3n) is 3.94. The van der Waals surface area contributed by atoms with Crippen molar-refractivity contribution in [3.05, 3.63) is 11.6 Å². The van der Waals surface area contributed by atoms with E-state index in [9.17, 15) is 0 Å². The molecule has 0 aromatic carbocycles. The minimum absolute atomic E-state index is 0.282. The van der Waals surface area contributed by atoms with E-state index in [1.54, 1.807) is 5.57 Å². The maximum atomic E-state index is 6.20. The van der Waals surface area contributed by atoms with Crippen LogP contribution in [-0.2, 0) is 0 Å². The van der Waals surface area contributed by atoms with Gasteiger partial charge < -0.3 is 5.73 Å². The number of nitrogens with two attached hydrogens (primary N) is 1. The maximum absolute atomic E-state index is 6.20. The Labute approximate surface area is 109 Å². The van der Waals surface area contributed by atoms with E-state index in [2.05, 4.69) is 47.6 Å². The molecule has 0 fully saturated rings. The van der Waals surface area contributed by atoms with Crippen LogP contribution in [0.25, 0.3) is 0 Å². The summed E-state index contributed by atoms with van der Waals surface area (Å²) in [6.07, 6.45) is 8.40. The number of rotatable bonds is 8. The fraction of sp³-hybridized carbons (Fsp3) is 0.875. The third-order valence-corrected chi connectivity index (χ3v) is 3.94. The lowest BCUT2D eigenvalue weighted by molar-refractivity contribution is 0.194. The van der Waals surface area contributed by atoms with Crippen LogP contribution in [0.15, 0.2) is 11.6 Å². The number of hydrogen-bond donors (Lipinski definition) is 1. The first kappa shape index (κ1) is 16.7. The van der Waals surface area contributed by atoms with Crippen molar-refractivity contribution in [1.29, 1.82) is 0 Å². The second kappa shape index (κ2) is 7.92. The highest BCUT2D eigenvalue weighted by Crippen LogP contribution is 2.35. The van der Waals surface area contributed by atoms with Crippen molar-refractivity contribution in [2.45, 2.75) is 79.7 Å². The summed E-state index contributed by atoms with van der Waals surface area (Å²) < 4.78 is 0. The lowest BCUT2D eigenvalue weighted by Gasteiger charge is -2.35. The predicted octanol–water partition coefficient (Wildman–Crippen LogP) is 4.91. The molecular weight excluding hydrogens is 206 g/mol. The van der Waals surface area contributed by atoms with Crippen LogP contribution in [0.2, 0.25) is 0 Å². The zero-order chi connectivity index (χ0) is 13.5. The van der Waals surface area contributed by atoms with Crippen molar-refractivity contribution >= 4 is 0 Å². The van der Waals surface area contributed by atoms with Gasteiger partial charge in [0.1, 0.15) is 0 Å². The summed E-state index contributed by atoms with van der Waals surface area (Å²) in [4.78, 5) is 0. The average Bonchev–Trinajstić information content (AvgIpc) is 2.23. The zero-order valence-electron chi connectivity index (χ0n) is 12.8. The minimum atomic E-state index is 0.282. The molecule has 0 aliphatic carbocycles. The molecule has 0 saturated heterocycles. The standard InChI is InChI=1S/C16H33N/c1-7-9-15(8-2)10-11-16(6,14(5)17)12-13(3)4/h9,13-14H,7-8,10-12,17H2,1-6H3. The molecule has 0 aromatic rings. The van der Waals surface area contributed by atoms with E-state index in [0.29, 0.717) is 0 Å². The fourth-order valence-electron chi connectivity index (χ4n) is 2.61. The lowest BCUT2D eigenvalue weighted by Crippen LogP contribution is -2.38. The molecule has 0 bridgehead atoms. The van der Waals surface area contributed by atoms with Gasteiger partial charge >= 0.3 is 0 Å². The summed E-state index contributed by atoms with van der Waals surface area (Å²) in [5, 5.41) is 0. The molecule has 0 rings (SSSR count). The van der Waals surface area contributed by atoms with E-state index in [1.807, 2.05) is 0 Å². The molecule has 0 spiro atoms. The molecule has 0 aromatic heterocycles. The summed E-state index contributed by atoms with van der Waals surface area (Å²) in [5.41, 5.74) is 8.09. The highest BCUT2D eigenvalue weighted by molar-refractivity contribution is 5.02. The van der Waals surface area contributed by atoms with E-state index in [-0.39, 0.29) is 11.5 Å². The minimum Gasteiger partial charge on any atom is -0.327 e. The zero-order valence-corrected chi connectivity index (χ0v) is 12.8. The SMILES string of the molecule is CCC=C(CC)CCC(C)(CC(C)C)C(C)N. The second-order valence-corrected chi connectivity index (χ2v) is 6.16. The largest absolute Gasteiger partial charge is 0.327 e. The Bertz CT molecular complexity index is 228. The second-order valence-electron chi connectivity index (χ2n) is 6.16. The average molecular weight is 239 g/mol. The van der Waals surface area contributed by atoms with Crippen molar-refractivity contribution in [2.24, 2.45) is 17.1 Å². The van der Waals surface area contributed by atoms with Gasteiger partial charge in [0.05, 0.1) is 0 Å². The summed E-state index contributed by atoms with van der Waals surface area (Å²) >= 11 is 0. The smallest absolute Gasteiger partial charge is 0.00645 e. The Hall–Kier alpha value is -0.300. The molecule has 2 unspecified atom stereocenters. The van der Waals surface area contributed by atoms with Gasteiger partial charge in [-0.3, -0.25) is 0 Å². The third kappa shape index (κ3) is 6.26. The van der Waals surface area contributed by atoms with Gasteiger partial charge in [-0.15, -0.1) is 0 Å². The molecule has 0 radical (unpaired) electrons. The molecule has 0 aliphatic heterocycles. The van der Waals surface area contributed by atoms with E-state index >= 15 is 0 Å². The predicted molar refractivity (Wildman–Crippen MR) is 79.1 cm³/mol. The van der Waals surface area contributed by atoms with E-state index in [1.165, 1.54) is 25.7 Å². The van der Waals surface area contributed by atoms with Crippen LogP contribution in [-0.4, -0.2) is 6.04 Å². The molecule has 1 heteroatoms. The fourth-order valence-corrected chi connectivity index (χ4v) is 2.61. The Kier molecular flexibility index (Phi) is 7.78. The first-order valence-electron chi connectivity index (χ1n) is 7.29. The van der Waals surface area contributed by atoms with E-state index < -0.39 is 0 Å². The van der Waals surface area contributed by atoms with Crippen molar-refractivity contribution < 1.29 is 0 Å². The monoisotopic (exact) mass is 239 g/mol. The van der Waals surface area contributed by atoms with Crippen molar-refractivity contribution in [3.8, 4) is 0 Å². The van der Waals surface area contributed by atoms with Crippen molar-refractivity contribution in [1.82, 2.24) is 0 Å². The Morgan fingerprint density at radius 3 is 2.18 bits per heavy atom. The summed E-state index contributed by atoms with van der Waals surface area (Å²) in [7, 11) is 0. The van der Waals surface area contributed by atoms with Gasteiger partial charge in [-0.05, 0) is 50.4 Å². The van der Waals surface area contributed by atoms with Gasteiger partial charge in [0.2, 0.25) is 0 Å². The quantitative estimate of drug-likeness (QED) is 0.598. The van der Waals surface area contributed by atoms with Crippen LogP contribution in [0.5, 0.6) is 0 Å². The summed E-state index contributed by atoms with van der Waals surface area (Å²) in [6.45, 7) is 13.6. The van der Waals surface area contributed by atoms with Gasteiger partial charge in [-0.1, -0.05) is 46.3 Å². The van der Waals surface area contributed by atoms with Gasteiger partial charge in [0.15, 0.2) is 0 Å². The first-order valence-corrected chi connectivity index (χ1v) is 7.29. The van der Waals surface area contributed by atoms with Gasteiger partial charge in [0.25, 0.3) is 0 Å². The van der Waals surface area contributed by atoms with Gasteiger partial charge in [0, 0.05) is 6.04 Å². The van der Waals surface area contributed by atoms with E-state index in [4.69, 9.17) is 5.73 Å². The van der Waals surface area contributed by atoms with Crippen LogP contribution < -0.4 is 5.73 Å². The van der Waals surface area contributed by atoms with E-state index in [0.717, 1.165) is 12.3 Å². The van der Waals surface area contributed by atoms with Crippen molar-refractivity contribution in [3.63, 3.8) is 0 Å². The molecule has 0 amide bonds. The Morgan fingerprint density at radius 2 is 1.82 bits per heavy atom. The van der Waals surface area contributed by atoms with Gasteiger partial charge in [-0.25, -0.2) is 0 Å². The Morgan fingerprint density at radius 1 is 1.24 bits per heavy atom. The van der Waals surface area contributed by atoms with Crippen LogP contribution in [0.3, 0.4) is 0 Å². The topological polar surface area (TPSA) is 26.0 Å². The maximum Gasteiger partial charge on any atom is 0.00645 e. The summed E-state index contributed by atoms with van der Waals surface area (Å²) in [6, 6.07) is 0.282. The van der Waals surface area contributed by atoms with Crippen LogP contribution >= 0.6 is 0 Å². The lowest BCUT2D eigenvalue weighted by atomic mass is 9.72. The summed E-state index contributed by atoms with van der Waals surface area (Å²) in [5.74, 6) is 0.728. The highest BCUT2D eigenvalue weighted by atomic mass is 14.7.